The van der Waals surface area contributed by atoms with Crippen LogP contribution in [0.5, 0.6) is 0 Å². The Bertz CT molecular complexity index is 1080. The number of hydrogen-bond acceptors (Lipinski definition) is 2. The van der Waals surface area contributed by atoms with Crippen LogP contribution in [0.3, 0.4) is 0 Å². The number of rotatable bonds is 9. The van der Waals surface area contributed by atoms with Crippen molar-refractivity contribution in [3.63, 3.8) is 0 Å². The highest BCUT2D eigenvalue weighted by atomic mass is 16.2. The number of hydrogen-bond donors (Lipinski definition) is 2. The van der Waals surface area contributed by atoms with Gasteiger partial charge in [0.1, 0.15) is 0 Å². The molecule has 2 N–H and O–H groups in total. The Labute approximate surface area is 196 Å². The van der Waals surface area contributed by atoms with Gasteiger partial charge in [0.15, 0.2) is 0 Å². The first kappa shape index (κ1) is 23.8. The highest BCUT2D eigenvalue weighted by molar-refractivity contribution is 5.92. The maximum atomic E-state index is 12.8. The van der Waals surface area contributed by atoms with Crippen molar-refractivity contribution in [2.24, 2.45) is 0 Å². The second kappa shape index (κ2) is 11.7. The average molecular weight is 442 g/mol. The predicted molar refractivity (Wildman–Crippen MR) is 134 cm³/mol. The second-order valence-electron chi connectivity index (χ2n) is 8.09. The zero-order chi connectivity index (χ0) is 23.6. The van der Waals surface area contributed by atoms with E-state index in [1.165, 1.54) is 0 Å². The third kappa shape index (κ3) is 7.07. The molecule has 0 saturated carbocycles. The summed E-state index contributed by atoms with van der Waals surface area (Å²) in [6, 6.07) is 25.3. The van der Waals surface area contributed by atoms with Gasteiger partial charge in [0, 0.05) is 12.2 Å². The third-order valence-electron chi connectivity index (χ3n) is 5.36. The maximum absolute atomic E-state index is 12.8. The van der Waals surface area contributed by atoms with Crippen molar-refractivity contribution in [2.45, 2.75) is 32.9 Å². The Morgan fingerprint density at radius 3 is 2.36 bits per heavy atom. The van der Waals surface area contributed by atoms with Crippen LogP contribution in [0, 0.1) is 6.92 Å². The number of nitrogens with zero attached hydrogens (tertiary/aromatic N) is 1. The highest BCUT2D eigenvalue weighted by Crippen LogP contribution is 2.20. The van der Waals surface area contributed by atoms with Crippen molar-refractivity contribution < 1.29 is 9.59 Å². The van der Waals surface area contributed by atoms with Gasteiger partial charge in [0.25, 0.3) is 0 Å². The molecule has 3 amide bonds. The van der Waals surface area contributed by atoms with Crippen molar-refractivity contribution in [1.82, 2.24) is 10.6 Å². The van der Waals surface area contributed by atoms with Gasteiger partial charge in [-0.2, -0.15) is 0 Å². The minimum Gasteiger partial charge on any atom is -0.349 e. The standard InChI is InChI=1S/C28H31N3O2/c1-4-17-29-28(33)31(20-24-10-8-9-21(2)18-24)26-15-13-23(14-16-26)19-27(32)30-22(3)25-11-6-5-7-12-25/h4-16,18,22H,1,17,19-20H2,2-3H3,(H,29,33)(H,30,32). The van der Waals surface area contributed by atoms with E-state index in [2.05, 4.69) is 23.3 Å². The summed E-state index contributed by atoms with van der Waals surface area (Å²) in [6.45, 7) is 8.51. The van der Waals surface area contributed by atoms with Gasteiger partial charge >= 0.3 is 6.03 Å². The molecule has 1 unspecified atom stereocenters. The first-order chi connectivity index (χ1) is 16.0. The van der Waals surface area contributed by atoms with E-state index in [9.17, 15) is 9.59 Å². The Morgan fingerprint density at radius 2 is 1.70 bits per heavy atom. The molecule has 0 bridgehead atoms. The molecule has 0 radical (unpaired) electrons. The Kier molecular flexibility index (Phi) is 8.42. The number of amides is 3. The molecular formula is C28H31N3O2. The van der Waals surface area contributed by atoms with E-state index in [4.69, 9.17) is 0 Å². The Balaban J connectivity index is 1.69. The molecule has 0 fully saturated rings. The van der Waals surface area contributed by atoms with Crippen molar-refractivity contribution in [3.8, 4) is 0 Å². The van der Waals surface area contributed by atoms with Gasteiger partial charge < -0.3 is 10.6 Å². The van der Waals surface area contributed by atoms with Crippen LogP contribution in [0.15, 0.2) is 91.5 Å². The molecule has 5 heteroatoms. The van der Waals surface area contributed by atoms with Gasteiger partial charge in [-0.1, -0.05) is 78.4 Å². The van der Waals surface area contributed by atoms with E-state index in [0.29, 0.717) is 13.1 Å². The summed E-state index contributed by atoms with van der Waals surface area (Å²) >= 11 is 0. The SMILES string of the molecule is C=CCNC(=O)N(Cc1cccc(C)c1)c1ccc(CC(=O)NC(C)c2ccccc2)cc1. The minimum absolute atomic E-state index is 0.0422. The number of aryl methyl sites for hydroxylation is 1. The van der Waals surface area contributed by atoms with Crippen LogP contribution in [0.1, 0.15) is 35.2 Å². The van der Waals surface area contributed by atoms with Crippen LogP contribution in [0.25, 0.3) is 0 Å². The van der Waals surface area contributed by atoms with Crippen LogP contribution in [-0.2, 0) is 17.8 Å². The Hall–Kier alpha value is -3.86. The normalized spacial score (nSPS) is 11.3. The molecule has 3 rings (SSSR count). The zero-order valence-electron chi connectivity index (χ0n) is 19.3. The summed E-state index contributed by atoms with van der Waals surface area (Å²) in [7, 11) is 0. The molecule has 0 aliphatic rings. The fraction of sp³-hybridized carbons (Fsp3) is 0.214. The fourth-order valence-corrected chi connectivity index (χ4v) is 3.63. The van der Waals surface area contributed by atoms with Crippen LogP contribution in [-0.4, -0.2) is 18.5 Å². The van der Waals surface area contributed by atoms with E-state index >= 15 is 0 Å². The fourth-order valence-electron chi connectivity index (χ4n) is 3.63. The summed E-state index contributed by atoms with van der Waals surface area (Å²) in [6.07, 6.45) is 1.93. The lowest BCUT2D eigenvalue weighted by Gasteiger charge is -2.23. The molecule has 0 heterocycles. The van der Waals surface area contributed by atoms with Crippen LogP contribution in [0.2, 0.25) is 0 Å². The highest BCUT2D eigenvalue weighted by Gasteiger charge is 2.16. The average Bonchev–Trinajstić information content (AvgIpc) is 2.82. The smallest absolute Gasteiger partial charge is 0.322 e. The number of anilines is 1. The summed E-state index contributed by atoms with van der Waals surface area (Å²) in [4.78, 5) is 27.0. The van der Waals surface area contributed by atoms with Crippen molar-refractivity contribution in [1.29, 1.82) is 0 Å². The Morgan fingerprint density at radius 1 is 0.970 bits per heavy atom. The summed E-state index contributed by atoms with van der Waals surface area (Å²) < 4.78 is 0. The first-order valence-corrected chi connectivity index (χ1v) is 11.1. The zero-order valence-corrected chi connectivity index (χ0v) is 19.3. The maximum Gasteiger partial charge on any atom is 0.322 e. The predicted octanol–water partition coefficient (Wildman–Crippen LogP) is 5.32. The largest absolute Gasteiger partial charge is 0.349 e. The molecule has 170 valence electrons. The topological polar surface area (TPSA) is 61.4 Å². The summed E-state index contributed by atoms with van der Waals surface area (Å²) in [5.74, 6) is -0.0422. The number of urea groups is 1. The molecular weight excluding hydrogens is 410 g/mol. The number of nitrogens with one attached hydrogen (secondary N) is 2. The van der Waals surface area contributed by atoms with Crippen molar-refractivity contribution in [3.05, 3.63) is 114 Å². The molecule has 1 atom stereocenters. The lowest BCUT2D eigenvalue weighted by Crippen LogP contribution is -2.39. The minimum atomic E-state index is -0.196. The molecule has 5 nitrogen and oxygen atoms in total. The van der Waals surface area contributed by atoms with E-state index in [1.54, 1.807) is 11.0 Å². The molecule has 0 aliphatic heterocycles. The van der Waals surface area contributed by atoms with E-state index in [1.807, 2.05) is 86.6 Å². The van der Waals surface area contributed by atoms with Gasteiger partial charge in [-0.05, 0) is 42.7 Å². The number of carbonyl (C=O) groups is 2. The third-order valence-corrected chi connectivity index (χ3v) is 5.36. The van der Waals surface area contributed by atoms with Gasteiger partial charge in [0.2, 0.25) is 5.91 Å². The van der Waals surface area contributed by atoms with Crippen molar-refractivity contribution >= 4 is 17.6 Å². The molecule has 3 aromatic carbocycles. The molecule has 0 saturated heterocycles. The van der Waals surface area contributed by atoms with Gasteiger partial charge in [-0.25, -0.2) is 4.79 Å². The quantitative estimate of drug-likeness (QED) is 0.442. The molecule has 0 spiro atoms. The molecule has 0 aliphatic carbocycles. The van der Waals surface area contributed by atoms with Crippen molar-refractivity contribution in [2.75, 3.05) is 11.4 Å². The number of carbonyl (C=O) groups excluding carboxylic acids is 2. The lowest BCUT2D eigenvalue weighted by molar-refractivity contribution is -0.121. The van der Waals surface area contributed by atoms with E-state index in [0.717, 1.165) is 27.9 Å². The molecule has 3 aromatic rings. The van der Waals surface area contributed by atoms with E-state index < -0.39 is 0 Å². The summed E-state index contributed by atoms with van der Waals surface area (Å²) in [5, 5.41) is 5.89. The van der Waals surface area contributed by atoms with Gasteiger partial charge in [-0.3, -0.25) is 9.69 Å². The monoisotopic (exact) mass is 441 g/mol. The van der Waals surface area contributed by atoms with Gasteiger partial charge in [0.05, 0.1) is 19.0 Å². The second-order valence-corrected chi connectivity index (χ2v) is 8.09. The van der Waals surface area contributed by atoms with Crippen LogP contribution in [0.4, 0.5) is 10.5 Å². The van der Waals surface area contributed by atoms with E-state index in [-0.39, 0.29) is 24.4 Å². The summed E-state index contributed by atoms with van der Waals surface area (Å²) in [5.41, 5.74) is 4.91. The first-order valence-electron chi connectivity index (χ1n) is 11.1. The van der Waals surface area contributed by atoms with Crippen LogP contribution < -0.4 is 15.5 Å². The van der Waals surface area contributed by atoms with Crippen LogP contribution >= 0.6 is 0 Å². The number of benzene rings is 3. The molecule has 0 aromatic heterocycles. The van der Waals surface area contributed by atoms with Gasteiger partial charge in [-0.15, -0.1) is 6.58 Å². The molecule has 33 heavy (non-hydrogen) atoms. The lowest BCUT2D eigenvalue weighted by atomic mass is 10.1.